The van der Waals surface area contributed by atoms with Crippen molar-refractivity contribution >= 4 is 41.6 Å². The molecule has 38 heavy (non-hydrogen) atoms. The van der Waals surface area contributed by atoms with Gasteiger partial charge in [-0.2, -0.15) is 0 Å². The van der Waals surface area contributed by atoms with Gasteiger partial charge in [0.2, 0.25) is 0 Å². The Morgan fingerprint density at radius 3 is 2.68 bits per heavy atom. The number of halogens is 3. The monoisotopic (exact) mass is 569 g/mol. The molecule has 1 atom stereocenters. The Morgan fingerprint density at radius 1 is 1.08 bits per heavy atom. The van der Waals surface area contributed by atoms with Gasteiger partial charge < -0.3 is 14.7 Å². The number of benzene rings is 1. The van der Waals surface area contributed by atoms with Crippen LogP contribution in [-0.4, -0.2) is 45.6 Å². The number of carboxylic acid groups (broad SMARTS) is 1. The molecule has 0 amide bonds. The summed E-state index contributed by atoms with van der Waals surface area (Å²) < 4.78 is 3.28. The van der Waals surface area contributed by atoms with Crippen molar-refractivity contribution in [3.05, 3.63) is 98.8 Å². The number of hydrogen-bond donors (Lipinski definition) is 2. The van der Waals surface area contributed by atoms with Crippen molar-refractivity contribution in [2.45, 2.75) is 18.9 Å². The van der Waals surface area contributed by atoms with Crippen LogP contribution in [0.1, 0.15) is 34.5 Å². The van der Waals surface area contributed by atoms with E-state index in [-0.39, 0.29) is 34.9 Å². The van der Waals surface area contributed by atoms with Crippen LogP contribution in [0.25, 0.3) is 28.1 Å². The molecule has 6 rings (SSSR count). The standard InChI is InChI=1S/C25H17Cl2N7O3.ClH/c26-15-1-3-20(33-12-22(27)31-32-33)17(10-15)14-7-16-2-4-21(34(16)23(35)9-14)24-29-11-19(30-24)13-5-6-28-18(8-13)25(36)37;/h1,3,5-12,21H,2,4H2,(H,29,30)(H,36,37);1H/t21-;/m0./s1. The van der Waals surface area contributed by atoms with Gasteiger partial charge in [-0.1, -0.05) is 28.4 Å². The number of nitrogens with one attached hydrogen (secondary N) is 1. The first-order chi connectivity index (χ1) is 17.9. The van der Waals surface area contributed by atoms with Crippen LogP contribution in [-0.2, 0) is 6.42 Å². The van der Waals surface area contributed by atoms with E-state index in [0.29, 0.717) is 46.2 Å². The Labute approximate surface area is 231 Å². The van der Waals surface area contributed by atoms with Crippen LogP contribution in [0.2, 0.25) is 10.2 Å². The quantitative estimate of drug-likeness (QED) is 0.309. The number of hydrogen-bond acceptors (Lipinski definition) is 6. The van der Waals surface area contributed by atoms with E-state index in [4.69, 9.17) is 23.2 Å². The van der Waals surface area contributed by atoms with Crippen LogP contribution in [0.5, 0.6) is 0 Å². The Kier molecular flexibility index (Phi) is 6.78. The number of rotatable bonds is 5. The summed E-state index contributed by atoms with van der Waals surface area (Å²) >= 11 is 12.3. The first kappa shape index (κ1) is 25.7. The molecule has 5 aromatic rings. The highest BCUT2D eigenvalue weighted by Gasteiger charge is 2.28. The molecule has 1 aromatic carbocycles. The molecule has 0 bridgehead atoms. The second-order valence-corrected chi connectivity index (χ2v) is 9.39. The number of aryl methyl sites for hydroxylation is 1. The number of aromatic amines is 1. The molecule has 0 spiro atoms. The second kappa shape index (κ2) is 10.1. The van der Waals surface area contributed by atoms with E-state index < -0.39 is 5.97 Å². The molecule has 192 valence electrons. The van der Waals surface area contributed by atoms with Crippen LogP contribution < -0.4 is 5.56 Å². The van der Waals surface area contributed by atoms with Crippen molar-refractivity contribution in [3.8, 4) is 28.1 Å². The van der Waals surface area contributed by atoms with Crippen molar-refractivity contribution in [3.63, 3.8) is 0 Å². The highest BCUT2D eigenvalue weighted by Crippen LogP contribution is 2.34. The summed E-state index contributed by atoms with van der Waals surface area (Å²) in [6.07, 6.45) is 6.01. The normalized spacial score (nSPS) is 14.2. The average Bonchev–Trinajstić information content (AvgIpc) is 3.63. The maximum Gasteiger partial charge on any atom is 0.354 e. The Morgan fingerprint density at radius 2 is 1.92 bits per heavy atom. The summed E-state index contributed by atoms with van der Waals surface area (Å²) in [5, 5.41) is 17.9. The lowest BCUT2D eigenvalue weighted by Crippen LogP contribution is -2.23. The van der Waals surface area contributed by atoms with E-state index in [9.17, 15) is 14.7 Å². The zero-order chi connectivity index (χ0) is 25.7. The summed E-state index contributed by atoms with van der Waals surface area (Å²) in [6, 6.07) is 11.8. The van der Waals surface area contributed by atoms with Gasteiger partial charge >= 0.3 is 5.97 Å². The minimum atomic E-state index is -1.11. The van der Waals surface area contributed by atoms with Crippen molar-refractivity contribution in [2.75, 3.05) is 0 Å². The van der Waals surface area contributed by atoms with Crippen LogP contribution in [0, 0.1) is 0 Å². The minimum absolute atomic E-state index is 0. The van der Waals surface area contributed by atoms with Crippen LogP contribution in [0.4, 0.5) is 0 Å². The molecule has 13 heteroatoms. The molecule has 0 unspecified atom stereocenters. The SMILES string of the molecule is Cl.O=C(O)c1cc(-c2cnc([C@@H]3CCc4cc(-c5cc(Cl)ccc5-n5cc(Cl)nn5)cc(=O)n43)[nH]2)ccn1. The number of H-pyrrole nitrogens is 1. The maximum atomic E-state index is 13.4. The van der Waals surface area contributed by atoms with E-state index in [0.717, 1.165) is 11.3 Å². The summed E-state index contributed by atoms with van der Waals surface area (Å²) in [5.41, 5.74) is 4.05. The lowest BCUT2D eigenvalue weighted by Gasteiger charge is -2.15. The van der Waals surface area contributed by atoms with Crippen LogP contribution >= 0.6 is 35.6 Å². The summed E-state index contributed by atoms with van der Waals surface area (Å²) in [4.78, 5) is 36.3. The third kappa shape index (κ3) is 4.58. The highest BCUT2D eigenvalue weighted by molar-refractivity contribution is 6.31. The highest BCUT2D eigenvalue weighted by atomic mass is 35.5. The number of carbonyl (C=O) groups is 1. The smallest absolute Gasteiger partial charge is 0.354 e. The molecular weight excluding hydrogens is 553 g/mol. The molecule has 2 N–H and O–H groups in total. The number of fused-ring (bicyclic) bond motifs is 1. The maximum absolute atomic E-state index is 13.4. The second-order valence-electron chi connectivity index (χ2n) is 8.56. The predicted octanol–water partition coefficient (Wildman–Crippen LogP) is 4.84. The van der Waals surface area contributed by atoms with Gasteiger partial charge in [0.25, 0.3) is 5.56 Å². The molecule has 0 fully saturated rings. The molecule has 1 aliphatic rings. The van der Waals surface area contributed by atoms with Gasteiger partial charge in [0.15, 0.2) is 5.15 Å². The van der Waals surface area contributed by atoms with Crippen molar-refractivity contribution in [1.29, 1.82) is 0 Å². The van der Waals surface area contributed by atoms with Gasteiger partial charge in [-0.15, -0.1) is 17.5 Å². The van der Waals surface area contributed by atoms with Crippen LogP contribution in [0.3, 0.4) is 0 Å². The van der Waals surface area contributed by atoms with Crippen molar-refractivity contribution in [1.82, 2.24) is 34.5 Å². The predicted molar refractivity (Wildman–Crippen MR) is 144 cm³/mol. The number of imidazole rings is 1. The lowest BCUT2D eigenvalue weighted by atomic mass is 10.0. The third-order valence-electron chi connectivity index (χ3n) is 6.32. The van der Waals surface area contributed by atoms with Crippen molar-refractivity contribution in [2.24, 2.45) is 0 Å². The van der Waals surface area contributed by atoms with Gasteiger partial charge in [0.05, 0.1) is 29.8 Å². The topological polar surface area (TPSA) is 132 Å². The van der Waals surface area contributed by atoms with Gasteiger partial charge in [-0.25, -0.2) is 19.4 Å². The molecule has 0 radical (unpaired) electrons. The molecule has 1 aliphatic heterocycles. The Bertz CT molecular complexity index is 1740. The Hall–Kier alpha value is -3.99. The summed E-state index contributed by atoms with van der Waals surface area (Å²) in [6.45, 7) is 0. The zero-order valence-electron chi connectivity index (χ0n) is 19.4. The van der Waals surface area contributed by atoms with E-state index in [2.05, 4.69) is 25.3 Å². The summed E-state index contributed by atoms with van der Waals surface area (Å²) in [7, 11) is 0. The molecule has 0 aliphatic carbocycles. The van der Waals surface area contributed by atoms with Gasteiger partial charge in [-0.05, 0) is 54.8 Å². The Balaban J connectivity index is 0.00000294. The number of carboxylic acids is 1. The van der Waals surface area contributed by atoms with Crippen molar-refractivity contribution < 1.29 is 9.90 Å². The first-order valence-electron chi connectivity index (χ1n) is 11.3. The van der Waals surface area contributed by atoms with E-state index in [1.165, 1.54) is 12.3 Å². The van der Waals surface area contributed by atoms with Crippen LogP contribution in [0.15, 0.2) is 65.8 Å². The lowest BCUT2D eigenvalue weighted by molar-refractivity contribution is 0.0690. The third-order valence-corrected chi connectivity index (χ3v) is 6.72. The molecule has 5 heterocycles. The fraction of sp³-hybridized carbons (Fsp3) is 0.120. The van der Waals surface area contributed by atoms with Gasteiger partial charge in [0, 0.05) is 34.1 Å². The van der Waals surface area contributed by atoms with E-state index in [1.807, 2.05) is 6.07 Å². The van der Waals surface area contributed by atoms with E-state index in [1.54, 1.807) is 52.0 Å². The fourth-order valence-corrected chi connectivity index (χ4v) is 4.98. The van der Waals surface area contributed by atoms with E-state index >= 15 is 0 Å². The first-order valence-corrected chi connectivity index (χ1v) is 12.0. The largest absolute Gasteiger partial charge is 0.477 e. The number of aromatic carboxylic acids is 1. The summed E-state index contributed by atoms with van der Waals surface area (Å²) in [5.74, 6) is -0.485. The molecular formula is C25H18Cl3N7O3. The zero-order valence-corrected chi connectivity index (χ0v) is 21.7. The molecule has 4 aromatic heterocycles. The van der Waals surface area contributed by atoms with Gasteiger partial charge in [-0.3, -0.25) is 4.79 Å². The number of nitrogens with zero attached hydrogens (tertiary/aromatic N) is 6. The number of aromatic nitrogens is 7. The number of pyridine rings is 2. The average molecular weight is 571 g/mol. The molecule has 10 nitrogen and oxygen atoms in total. The van der Waals surface area contributed by atoms with Gasteiger partial charge in [0.1, 0.15) is 11.5 Å². The fourth-order valence-electron chi connectivity index (χ4n) is 4.68. The molecule has 0 saturated carbocycles. The molecule has 0 saturated heterocycles. The minimum Gasteiger partial charge on any atom is -0.477 e.